The van der Waals surface area contributed by atoms with Gasteiger partial charge in [-0.1, -0.05) is 30.3 Å². The van der Waals surface area contributed by atoms with Gasteiger partial charge in [-0.25, -0.2) is 5.43 Å². The van der Waals surface area contributed by atoms with Gasteiger partial charge in [0.1, 0.15) is 11.5 Å². The second kappa shape index (κ2) is 12.0. The van der Waals surface area contributed by atoms with Gasteiger partial charge >= 0.3 is 11.8 Å². The lowest BCUT2D eigenvalue weighted by Crippen LogP contribution is -2.32. The number of aryl methyl sites for hydroxylation is 2. The van der Waals surface area contributed by atoms with E-state index in [1.165, 1.54) is 6.21 Å². The van der Waals surface area contributed by atoms with Gasteiger partial charge < -0.3 is 20.1 Å². The third-order valence-corrected chi connectivity index (χ3v) is 4.91. The number of carbonyl (C=O) groups is 3. The summed E-state index contributed by atoms with van der Waals surface area (Å²) in [7, 11) is 1.57. The Morgan fingerprint density at radius 2 is 1.54 bits per heavy atom. The molecule has 0 bridgehead atoms. The molecule has 0 spiro atoms. The number of hydrogen-bond donors (Lipinski definition) is 3. The number of para-hydroxylation sites is 1. The minimum Gasteiger partial charge on any atom is -0.497 e. The van der Waals surface area contributed by atoms with Gasteiger partial charge in [0.25, 0.3) is 5.91 Å². The van der Waals surface area contributed by atoms with Crippen molar-refractivity contribution in [2.75, 3.05) is 24.4 Å². The molecule has 0 aliphatic carbocycles. The van der Waals surface area contributed by atoms with Crippen LogP contribution in [-0.4, -0.2) is 37.7 Å². The summed E-state index contributed by atoms with van der Waals surface area (Å²) < 4.78 is 10.6. The maximum absolute atomic E-state index is 12.2. The molecule has 0 aliphatic heterocycles. The van der Waals surface area contributed by atoms with E-state index >= 15 is 0 Å². The molecule has 9 heteroatoms. The van der Waals surface area contributed by atoms with Crippen LogP contribution in [0.15, 0.2) is 71.8 Å². The van der Waals surface area contributed by atoms with Gasteiger partial charge in [0.2, 0.25) is 0 Å². The van der Waals surface area contributed by atoms with Crippen molar-refractivity contribution in [2.45, 2.75) is 13.8 Å². The molecule has 0 unspecified atom stereocenters. The van der Waals surface area contributed by atoms with Crippen molar-refractivity contribution in [1.29, 1.82) is 0 Å². The van der Waals surface area contributed by atoms with Gasteiger partial charge in [0.05, 0.1) is 13.3 Å². The molecular weight excluding hydrogens is 448 g/mol. The van der Waals surface area contributed by atoms with Crippen LogP contribution in [0.4, 0.5) is 11.4 Å². The van der Waals surface area contributed by atoms with Crippen LogP contribution in [0, 0.1) is 13.8 Å². The molecule has 3 aromatic rings. The van der Waals surface area contributed by atoms with E-state index in [1.807, 2.05) is 32.0 Å². The van der Waals surface area contributed by atoms with E-state index in [4.69, 9.17) is 9.47 Å². The Morgan fingerprint density at radius 3 is 2.23 bits per heavy atom. The molecule has 0 aromatic heterocycles. The molecule has 0 heterocycles. The first-order valence-corrected chi connectivity index (χ1v) is 10.7. The van der Waals surface area contributed by atoms with Crippen LogP contribution in [0.3, 0.4) is 0 Å². The highest BCUT2D eigenvalue weighted by Crippen LogP contribution is 2.19. The monoisotopic (exact) mass is 474 g/mol. The number of carbonyl (C=O) groups excluding carboxylic acids is 3. The van der Waals surface area contributed by atoms with Crippen molar-refractivity contribution in [3.05, 3.63) is 83.4 Å². The first-order chi connectivity index (χ1) is 16.9. The number of nitrogens with one attached hydrogen (secondary N) is 3. The molecule has 35 heavy (non-hydrogen) atoms. The quantitative estimate of drug-likeness (QED) is 0.263. The van der Waals surface area contributed by atoms with Crippen molar-refractivity contribution >= 4 is 35.3 Å². The lowest BCUT2D eigenvalue weighted by Gasteiger charge is -2.10. The number of amides is 3. The highest BCUT2D eigenvalue weighted by atomic mass is 16.5. The molecule has 3 rings (SSSR count). The van der Waals surface area contributed by atoms with E-state index < -0.39 is 11.8 Å². The number of ether oxygens (including phenoxy) is 2. The first-order valence-electron chi connectivity index (χ1n) is 10.7. The summed E-state index contributed by atoms with van der Waals surface area (Å²) in [5.41, 5.74) is 5.72. The fourth-order valence-electron chi connectivity index (χ4n) is 3.10. The number of benzene rings is 3. The van der Waals surface area contributed by atoms with Crippen LogP contribution in [0.2, 0.25) is 0 Å². The molecule has 3 amide bonds. The summed E-state index contributed by atoms with van der Waals surface area (Å²) in [6.45, 7) is 3.49. The Labute approximate surface area is 203 Å². The first kappa shape index (κ1) is 25.0. The van der Waals surface area contributed by atoms with Crippen molar-refractivity contribution in [3.8, 4) is 11.5 Å². The molecule has 3 aromatic carbocycles. The molecule has 3 N–H and O–H groups in total. The molecule has 0 atom stereocenters. The topological polar surface area (TPSA) is 118 Å². The van der Waals surface area contributed by atoms with Gasteiger partial charge in [-0.2, -0.15) is 5.10 Å². The fraction of sp³-hybridized carbons (Fsp3) is 0.154. The molecule has 180 valence electrons. The summed E-state index contributed by atoms with van der Waals surface area (Å²) in [5, 5.41) is 9.15. The molecule has 0 saturated carbocycles. The van der Waals surface area contributed by atoms with Crippen LogP contribution >= 0.6 is 0 Å². The zero-order chi connectivity index (χ0) is 25.2. The van der Waals surface area contributed by atoms with Crippen LogP contribution in [0.5, 0.6) is 11.5 Å². The zero-order valence-electron chi connectivity index (χ0n) is 19.6. The van der Waals surface area contributed by atoms with Crippen LogP contribution in [-0.2, 0) is 14.4 Å². The number of methoxy groups -OCH3 is 1. The molecular formula is C26H26N4O5. The van der Waals surface area contributed by atoms with E-state index in [0.717, 1.165) is 11.1 Å². The highest BCUT2D eigenvalue weighted by Gasteiger charge is 2.15. The van der Waals surface area contributed by atoms with Crippen LogP contribution in [0.25, 0.3) is 0 Å². The Bertz CT molecular complexity index is 1220. The highest BCUT2D eigenvalue weighted by molar-refractivity contribution is 6.39. The normalized spacial score (nSPS) is 10.5. The summed E-state index contributed by atoms with van der Waals surface area (Å²) in [5.74, 6) is -0.906. The molecule has 0 aliphatic rings. The number of anilines is 2. The van der Waals surface area contributed by atoms with E-state index in [2.05, 4.69) is 21.2 Å². The second-order valence-electron chi connectivity index (χ2n) is 7.56. The average molecular weight is 475 g/mol. The number of rotatable bonds is 8. The molecule has 0 fully saturated rings. The predicted octanol–water partition coefficient (Wildman–Crippen LogP) is 3.42. The lowest BCUT2D eigenvalue weighted by molar-refractivity contribution is -0.136. The van der Waals surface area contributed by atoms with Crippen LogP contribution in [0.1, 0.15) is 16.7 Å². The van der Waals surface area contributed by atoms with Gasteiger partial charge in [-0.05, 0) is 66.9 Å². The van der Waals surface area contributed by atoms with Gasteiger partial charge in [-0.3, -0.25) is 14.4 Å². The van der Waals surface area contributed by atoms with Crippen molar-refractivity contribution in [2.24, 2.45) is 5.10 Å². The minimum absolute atomic E-state index is 0.193. The third kappa shape index (κ3) is 7.43. The Kier molecular flexibility index (Phi) is 8.55. The largest absolute Gasteiger partial charge is 0.497 e. The summed E-state index contributed by atoms with van der Waals surface area (Å²) in [6, 6.07) is 19.3. The molecule has 0 radical (unpaired) electrons. The van der Waals surface area contributed by atoms with E-state index in [0.29, 0.717) is 28.4 Å². The second-order valence-corrected chi connectivity index (χ2v) is 7.56. The third-order valence-electron chi connectivity index (χ3n) is 4.91. The van der Waals surface area contributed by atoms with Gasteiger partial charge in [0, 0.05) is 11.4 Å². The number of hydrogen-bond acceptors (Lipinski definition) is 6. The predicted molar refractivity (Wildman–Crippen MR) is 134 cm³/mol. The standard InChI is InChI=1S/C26H26N4O5/c1-17-6-4-7-18(2)24(17)29-25(32)26(33)30-27-15-19-8-5-9-22(14-19)35-16-23(31)28-20-10-12-21(34-3)13-11-20/h4-15H,16H2,1-3H3,(H,28,31)(H,29,32)(H,30,33)/b27-15-. The SMILES string of the molecule is COc1ccc(NC(=O)COc2cccc(/C=N\NC(=O)C(=O)Nc3c(C)cccc3C)c2)cc1. The summed E-state index contributed by atoms with van der Waals surface area (Å²) in [4.78, 5) is 36.4. The smallest absolute Gasteiger partial charge is 0.329 e. The van der Waals surface area contributed by atoms with Crippen molar-refractivity contribution in [1.82, 2.24) is 5.43 Å². The van der Waals surface area contributed by atoms with Gasteiger partial charge in [0.15, 0.2) is 6.61 Å². The van der Waals surface area contributed by atoms with Crippen molar-refractivity contribution in [3.63, 3.8) is 0 Å². The Morgan fingerprint density at radius 1 is 0.857 bits per heavy atom. The zero-order valence-corrected chi connectivity index (χ0v) is 19.6. The maximum Gasteiger partial charge on any atom is 0.329 e. The molecule has 9 nitrogen and oxygen atoms in total. The minimum atomic E-state index is -0.897. The maximum atomic E-state index is 12.2. The Hall–Kier alpha value is -4.66. The van der Waals surface area contributed by atoms with E-state index in [9.17, 15) is 14.4 Å². The van der Waals surface area contributed by atoms with Gasteiger partial charge in [-0.15, -0.1) is 0 Å². The summed E-state index contributed by atoms with van der Waals surface area (Å²) >= 11 is 0. The van der Waals surface area contributed by atoms with Crippen LogP contribution < -0.4 is 25.5 Å². The van der Waals surface area contributed by atoms with E-state index in [1.54, 1.807) is 55.6 Å². The van der Waals surface area contributed by atoms with E-state index in [-0.39, 0.29) is 12.5 Å². The fourth-order valence-corrected chi connectivity index (χ4v) is 3.10. The molecule has 0 saturated heterocycles. The van der Waals surface area contributed by atoms with Crippen molar-refractivity contribution < 1.29 is 23.9 Å². The Balaban J connectivity index is 1.49. The number of nitrogens with zero attached hydrogens (tertiary/aromatic N) is 1. The lowest BCUT2D eigenvalue weighted by atomic mass is 10.1. The number of hydrazone groups is 1. The summed E-state index contributed by atoms with van der Waals surface area (Å²) in [6.07, 6.45) is 1.37. The average Bonchev–Trinajstić information content (AvgIpc) is 2.85.